The molecule has 4 heteroatoms. The highest BCUT2D eigenvalue weighted by Gasteiger charge is 2.16. The van der Waals surface area contributed by atoms with E-state index in [1.807, 2.05) is 20.8 Å². The number of amides is 1. The van der Waals surface area contributed by atoms with Crippen LogP contribution in [0.3, 0.4) is 0 Å². The van der Waals surface area contributed by atoms with Crippen molar-refractivity contribution < 1.29 is 9.53 Å². The molecule has 0 aliphatic carbocycles. The number of halogens is 1. The van der Waals surface area contributed by atoms with E-state index in [1.165, 1.54) is 6.92 Å². The largest absolute Gasteiger partial charge is 0.496 e. The molecule has 1 aromatic rings. The van der Waals surface area contributed by atoms with Gasteiger partial charge in [-0.25, -0.2) is 0 Å². The first-order valence-electron chi connectivity index (χ1n) is 5.96. The van der Waals surface area contributed by atoms with E-state index in [-0.39, 0.29) is 5.91 Å². The van der Waals surface area contributed by atoms with Gasteiger partial charge in [-0.3, -0.25) is 4.79 Å². The van der Waals surface area contributed by atoms with Crippen LogP contribution in [0.25, 0.3) is 0 Å². The number of benzene rings is 1. The van der Waals surface area contributed by atoms with Gasteiger partial charge in [-0.2, -0.15) is 0 Å². The number of methoxy groups -OCH3 is 1. The number of hydrogen-bond acceptors (Lipinski definition) is 2. The van der Waals surface area contributed by atoms with E-state index in [0.29, 0.717) is 6.54 Å². The summed E-state index contributed by atoms with van der Waals surface area (Å²) in [5.41, 5.74) is 4.21. The maximum atomic E-state index is 10.9. The topological polar surface area (TPSA) is 38.3 Å². The fraction of sp³-hybridized carbons (Fsp3) is 0.500. The summed E-state index contributed by atoms with van der Waals surface area (Å²) < 4.78 is 5.48. The third-order valence-corrected chi connectivity index (χ3v) is 3.81. The van der Waals surface area contributed by atoms with Crippen LogP contribution in [0.2, 0.25) is 5.02 Å². The molecule has 0 bridgehead atoms. The molecule has 1 aromatic carbocycles. The van der Waals surface area contributed by atoms with Gasteiger partial charge in [-0.05, 0) is 43.9 Å². The summed E-state index contributed by atoms with van der Waals surface area (Å²) in [6.07, 6.45) is 0.718. The van der Waals surface area contributed by atoms with Gasteiger partial charge in [0.15, 0.2) is 0 Å². The monoisotopic (exact) mass is 269 g/mol. The highest BCUT2D eigenvalue weighted by atomic mass is 35.5. The average Bonchev–Trinajstić information content (AvgIpc) is 2.33. The van der Waals surface area contributed by atoms with E-state index < -0.39 is 0 Å². The predicted octanol–water partition coefficient (Wildman–Crippen LogP) is 2.95. The fourth-order valence-electron chi connectivity index (χ4n) is 2.09. The Balaban J connectivity index is 3.12. The first kappa shape index (κ1) is 14.8. The van der Waals surface area contributed by atoms with Crippen LogP contribution in [0, 0.1) is 20.8 Å². The van der Waals surface area contributed by atoms with Crippen molar-refractivity contribution in [1.29, 1.82) is 0 Å². The molecule has 0 aliphatic rings. The maximum Gasteiger partial charge on any atom is 0.216 e. The Kier molecular flexibility index (Phi) is 5.03. The third kappa shape index (κ3) is 2.96. The normalized spacial score (nSPS) is 10.3. The van der Waals surface area contributed by atoms with E-state index in [4.69, 9.17) is 16.3 Å². The van der Waals surface area contributed by atoms with Gasteiger partial charge < -0.3 is 10.1 Å². The molecule has 0 aromatic heterocycles. The minimum absolute atomic E-state index is 0.0263. The van der Waals surface area contributed by atoms with Crippen molar-refractivity contribution in [3.63, 3.8) is 0 Å². The molecule has 0 atom stereocenters. The van der Waals surface area contributed by atoms with Crippen LogP contribution >= 0.6 is 11.6 Å². The maximum absolute atomic E-state index is 10.9. The number of rotatable bonds is 4. The van der Waals surface area contributed by atoms with Gasteiger partial charge in [0.25, 0.3) is 0 Å². The van der Waals surface area contributed by atoms with Crippen molar-refractivity contribution in [2.75, 3.05) is 13.7 Å². The summed E-state index contributed by atoms with van der Waals surface area (Å²) in [5, 5.41) is 3.57. The van der Waals surface area contributed by atoms with Crippen LogP contribution in [0.5, 0.6) is 5.75 Å². The Hall–Kier alpha value is -1.22. The highest BCUT2D eigenvalue weighted by Crippen LogP contribution is 2.35. The first-order valence-corrected chi connectivity index (χ1v) is 6.34. The standard InChI is InChI=1S/C14H20ClNO2/c1-8-9(2)14(18-5)12(10(3)13(8)15)6-7-16-11(4)17/h6-7H2,1-5H3,(H,16,17). The van der Waals surface area contributed by atoms with E-state index in [9.17, 15) is 4.79 Å². The molecule has 1 rings (SSSR count). The molecule has 0 unspecified atom stereocenters. The van der Waals surface area contributed by atoms with Crippen molar-refractivity contribution in [3.05, 3.63) is 27.3 Å². The van der Waals surface area contributed by atoms with Crippen LogP contribution in [-0.2, 0) is 11.2 Å². The molecule has 100 valence electrons. The minimum Gasteiger partial charge on any atom is -0.496 e. The van der Waals surface area contributed by atoms with Crippen molar-refractivity contribution in [2.45, 2.75) is 34.1 Å². The molecule has 0 fully saturated rings. The molecule has 0 radical (unpaired) electrons. The molecule has 0 saturated carbocycles. The number of hydrogen-bond donors (Lipinski definition) is 1. The smallest absolute Gasteiger partial charge is 0.216 e. The number of carbonyl (C=O) groups is 1. The van der Waals surface area contributed by atoms with E-state index in [2.05, 4.69) is 5.32 Å². The summed E-state index contributed by atoms with van der Waals surface area (Å²) in [6.45, 7) is 8.08. The first-order chi connectivity index (χ1) is 8.40. The lowest BCUT2D eigenvalue weighted by Crippen LogP contribution is -2.23. The van der Waals surface area contributed by atoms with Crippen molar-refractivity contribution >= 4 is 17.5 Å². The lowest BCUT2D eigenvalue weighted by atomic mass is 9.96. The lowest BCUT2D eigenvalue weighted by Gasteiger charge is -2.18. The van der Waals surface area contributed by atoms with Gasteiger partial charge in [0.05, 0.1) is 7.11 Å². The fourth-order valence-corrected chi connectivity index (χ4v) is 2.34. The summed E-state index contributed by atoms with van der Waals surface area (Å²) in [5.74, 6) is 0.848. The molecule has 0 aliphatic heterocycles. The zero-order valence-corrected chi connectivity index (χ0v) is 12.4. The molecule has 3 nitrogen and oxygen atoms in total. The number of ether oxygens (including phenoxy) is 1. The molecule has 0 heterocycles. The second-order valence-corrected chi connectivity index (χ2v) is 4.81. The molecule has 0 spiro atoms. The van der Waals surface area contributed by atoms with Gasteiger partial charge in [0.2, 0.25) is 5.91 Å². The Morgan fingerprint density at radius 2 is 1.83 bits per heavy atom. The third-order valence-electron chi connectivity index (χ3n) is 3.24. The molecular weight excluding hydrogens is 250 g/mol. The van der Waals surface area contributed by atoms with Crippen LogP contribution in [0.4, 0.5) is 0 Å². The summed E-state index contributed by atoms with van der Waals surface area (Å²) in [6, 6.07) is 0. The van der Waals surface area contributed by atoms with E-state index in [0.717, 1.165) is 39.4 Å². The molecule has 1 N–H and O–H groups in total. The van der Waals surface area contributed by atoms with Crippen LogP contribution < -0.4 is 10.1 Å². The van der Waals surface area contributed by atoms with E-state index in [1.54, 1.807) is 7.11 Å². The predicted molar refractivity (Wildman–Crippen MR) is 74.6 cm³/mol. The minimum atomic E-state index is -0.0263. The van der Waals surface area contributed by atoms with Gasteiger partial charge >= 0.3 is 0 Å². The Bertz CT molecular complexity index is 470. The Morgan fingerprint density at radius 3 is 2.33 bits per heavy atom. The SMILES string of the molecule is COc1c(C)c(C)c(Cl)c(C)c1CCNC(C)=O. The Labute approximate surface area is 113 Å². The quantitative estimate of drug-likeness (QED) is 0.913. The van der Waals surface area contributed by atoms with Crippen molar-refractivity contribution in [1.82, 2.24) is 5.32 Å². The molecular formula is C14H20ClNO2. The van der Waals surface area contributed by atoms with Crippen LogP contribution in [0.15, 0.2) is 0 Å². The van der Waals surface area contributed by atoms with Crippen LogP contribution in [0.1, 0.15) is 29.2 Å². The average molecular weight is 270 g/mol. The second-order valence-electron chi connectivity index (χ2n) is 4.43. The van der Waals surface area contributed by atoms with E-state index >= 15 is 0 Å². The summed E-state index contributed by atoms with van der Waals surface area (Å²) in [7, 11) is 1.66. The Morgan fingerprint density at radius 1 is 1.22 bits per heavy atom. The second kappa shape index (κ2) is 6.10. The summed E-state index contributed by atoms with van der Waals surface area (Å²) in [4.78, 5) is 10.9. The molecule has 18 heavy (non-hydrogen) atoms. The van der Waals surface area contributed by atoms with Crippen molar-refractivity contribution in [2.24, 2.45) is 0 Å². The molecule has 0 saturated heterocycles. The zero-order valence-electron chi connectivity index (χ0n) is 11.6. The molecule has 1 amide bonds. The number of carbonyl (C=O) groups excluding carboxylic acids is 1. The lowest BCUT2D eigenvalue weighted by molar-refractivity contribution is -0.118. The summed E-state index contributed by atoms with van der Waals surface area (Å²) >= 11 is 6.32. The van der Waals surface area contributed by atoms with Gasteiger partial charge in [-0.1, -0.05) is 11.6 Å². The highest BCUT2D eigenvalue weighted by molar-refractivity contribution is 6.32. The van der Waals surface area contributed by atoms with Gasteiger partial charge in [0, 0.05) is 24.1 Å². The van der Waals surface area contributed by atoms with Gasteiger partial charge in [-0.15, -0.1) is 0 Å². The zero-order chi connectivity index (χ0) is 13.9. The van der Waals surface area contributed by atoms with Crippen molar-refractivity contribution in [3.8, 4) is 5.75 Å². The number of nitrogens with one attached hydrogen (secondary N) is 1. The van der Waals surface area contributed by atoms with Gasteiger partial charge in [0.1, 0.15) is 5.75 Å². The van der Waals surface area contributed by atoms with Crippen LogP contribution in [-0.4, -0.2) is 19.6 Å².